The molecule has 4 aliphatic rings. The second-order valence-electron chi connectivity index (χ2n) is 16.8. The van der Waals surface area contributed by atoms with Crippen molar-refractivity contribution in [1.29, 1.82) is 0 Å². The molecule has 0 radical (unpaired) electrons. The Hall–Kier alpha value is -4.62. The van der Waals surface area contributed by atoms with E-state index in [0.717, 1.165) is 17.8 Å². The molecule has 0 heterocycles. The Morgan fingerprint density at radius 1 is 0.549 bits per heavy atom. The second kappa shape index (κ2) is 12.3. The van der Waals surface area contributed by atoms with Gasteiger partial charge in [-0.2, -0.15) is 0 Å². The zero-order chi connectivity index (χ0) is 34.1. The number of hydrogen-bond acceptors (Lipinski definition) is 1. The molecular weight excluding hydrogens is 615 g/mol. The zero-order valence-electron chi connectivity index (χ0n) is 30.2. The van der Waals surface area contributed by atoms with Crippen molar-refractivity contribution in [2.45, 2.75) is 88.9 Å². The molecule has 0 aliphatic heterocycles. The van der Waals surface area contributed by atoms with E-state index in [0.29, 0.717) is 5.92 Å². The summed E-state index contributed by atoms with van der Waals surface area (Å²) >= 11 is 0. The molecule has 51 heavy (non-hydrogen) atoms. The van der Waals surface area contributed by atoms with Crippen molar-refractivity contribution in [3.63, 3.8) is 0 Å². The van der Waals surface area contributed by atoms with Gasteiger partial charge >= 0.3 is 0 Å². The van der Waals surface area contributed by atoms with Crippen molar-refractivity contribution in [3.05, 3.63) is 150 Å². The van der Waals surface area contributed by atoms with Gasteiger partial charge in [-0.15, -0.1) is 0 Å². The van der Waals surface area contributed by atoms with Gasteiger partial charge in [0.1, 0.15) is 0 Å². The summed E-state index contributed by atoms with van der Waals surface area (Å²) in [5.41, 5.74) is 14.8. The molecule has 6 aromatic rings. The van der Waals surface area contributed by atoms with Gasteiger partial charge in [-0.3, -0.25) is 0 Å². The fraction of sp³-hybridized carbons (Fsp3) is 0.320. The Morgan fingerprint density at radius 2 is 1.29 bits per heavy atom. The fourth-order valence-electron chi connectivity index (χ4n) is 10.8. The van der Waals surface area contributed by atoms with Crippen LogP contribution >= 0.6 is 0 Å². The monoisotopic (exact) mass is 663 g/mol. The van der Waals surface area contributed by atoms with Crippen molar-refractivity contribution in [2.75, 3.05) is 4.90 Å². The van der Waals surface area contributed by atoms with Gasteiger partial charge < -0.3 is 4.90 Å². The van der Waals surface area contributed by atoms with E-state index in [1.807, 2.05) is 0 Å². The van der Waals surface area contributed by atoms with E-state index in [1.165, 1.54) is 125 Å². The molecule has 3 fully saturated rings. The highest BCUT2D eigenvalue weighted by Gasteiger charge is 2.40. The maximum atomic E-state index is 2.54. The van der Waals surface area contributed by atoms with Gasteiger partial charge in [0.25, 0.3) is 0 Å². The number of hydrogen-bond donors (Lipinski definition) is 0. The van der Waals surface area contributed by atoms with Crippen LogP contribution in [0.5, 0.6) is 0 Å². The van der Waals surface area contributed by atoms with E-state index in [-0.39, 0.29) is 5.41 Å². The standard InChI is InChI=1S/C50H49N/c1-50(2)47-31-38(35-12-7-4-8-13-35)21-26-44(47)45-27-24-42(32-48(45)50)51(41-22-18-36(19-23-41)46-29-33-16-17-40(46)28-33)49-15-9-14-39-30-37(20-25-43(39)49)34-10-5-3-6-11-34/h4,7-9,12-15,18-27,30-34,40,46H,3,5-6,10-11,16-17,28-29H2,1-2H3. The minimum absolute atomic E-state index is 0.115. The minimum atomic E-state index is -0.115. The Balaban J connectivity index is 1.08. The quantitative estimate of drug-likeness (QED) is 0.171. The van der Waals surface area contributed by atoms with Gasteiger partial charge in [0.2, 0.25) is 0 Å². The third kappa shape index (κ3) is 5.26. The predicted octanol–water partition coefficient (Wildman–Crippen LogP) is 14.2. The van der Waals surface area contributed by atoms with Crippen molar-refractivity contribution in [2.24, 2.45) is 11.8 Å². The largest absolute Gasteiger partial charge is 0.310 e. The first kappa shape index (κ1) is 31.1. The highest BCUT2D eigenvalue weighted by Crippen LogP contribution is 2.54. The Bertz CT molecular complexity index is 2240. The molecular formula is C50H49N. The minimum Gasteiger partial charge on any atom is -0.310 e. The lowest BCUT2D eigenvalue weighted by atomic mass is 9.81. The molecule has 6 aromatic carbocycles. The molecule has 0 aromatic heterocycles. The summed E-state index contributed by atoms with van der Waals surface area (Å²) in [7, 11) is 0. The van der Waals surface area contributed by atoms with Gasteiger partial charge in [-0.1, -0.05) is 131 Å². The first-order valence-electron chi connectivity index (χ1n) is 19.8. The lowest BCUT2D eigenvalue weighted by molar-refractivity contribution is 0.420. The van der Waals surface area contributed by atoms with Gasteiger partial charge in [0.05, 0.1) is 5.69 Å². The summed E-state index contributed by atoms with van der Waals surface area (Å²) in [5.74, 6) is 3.27. The van der Waals surface area contributed by atoms with Gasteiger partial charge in [-0.05, 0) is 142 Å². The van der Waals surface area contributed by atoms with E-state index < -0.39 is 0 Å². The average Bonchev–Trinajstić information content (AvgIpc) is 3.88. The molecule has 0 N–H and O–H groups in total. The van der Waals surface area contributed by atoms with E-state index >= 15 is 0 Å². The molecule has 254 valence electrons. The predicted molar refractivity (Wildman–Crippen MR) is 216 cm³/mol. The van der Waals surface area contributed by atoms with Gasteiger partial charge in [-0.25, -0.2) is 0 Å². The summed E-state index contributed by atoms with van der Waals surface area (Å²) in [6, 6.07) is 49.2. The lowest BCUT2D eigenvalue weighted by Crippen LogP contribution is -2.17. The zero-order valence-corrected chi connectivity index (χ0v) is 30.2. The fourth-order valence-corrected chi connectivity index (χ4v) is 10.8. The first-order chi connectivity index (χ1) is 25.0. The van der Waals surface area contributed by atoms with Crippen LogP contribution in [0.25, 0.3) is 33.0 Å². The summed E-state index contributed by atoms with van der Waals surface area (Å²) in [6.07, 6.45) is 12.5. The van der Waals surface area contributed by atoms with Crippen molar-refractivity contribution >= 4 is 27.8 Å². The van der Waals surface area contributed by atoms with Crippen LogP contribution in [0.2, 0.25) is 0 Å². The normalized spacial score (nSPS) is 21.9. The molecule has 2 bridgehead atoms. The molecule has 10 rings (SSSR count). The molecule has 3 saturated carbocycles. The van der Waals surface area contributed by atoms with Crippen LogP contribution < -0.4 is 4.90 Å². The summed E-state index contributed by atoms with van der Waals surface area (Å²) in [4.78, 5) is 2.54. The third-order valence-corrected chi connectivity index (χ3v) is 13.5. The van der Waals surface area contributed by atoms with E-state index in [4.69, 9.17) is 0 Å². The molecule has 0 saturated heterocycles. The van der Waals surface area contributed by atoms with Crippen LogP contribution in [0.15, 0.2) is 127 Å². The maximum absolute atomic E-state index is 2.54. The van der Waals surface area contributed by atoms with Crippen LogP contribution in [0.3, 0.4) is 0 Å². The molecule has 3 unspecified atom stereocenters. The third-order valence-electron chi connectivity index (χ3n) is 13.5. The van der Waals surface area contributed by atoms with E-state index in [1.54, 1.807) is 5.56 Å². The van der Waals surface area contributed by atoms with Crippen LogP contribution in [-0.2, 0) is 5.41 Å². The molecule has 3 atom stereocenters. The van der Waals surface area contributed by atoms with Crippen LogP contribution in [0, 0.1) is 11.8 Å². The van der Waals surface area contributed by atoms with Crippen molar-refractivity contribution in [1.82, 2.24) is 0 Å². The maximum Gasteiger partial charge on any atom is 0.0540 e. The van der Waals surface area contributed by atoms with Gasteiger partial charge in [0, 0.05) is 22.2 Å². The number of nitrogens with zero attached hydrogens (tertiary/aromatic N) is 1. The molecule has 4 aliphatic carbocycles. The molecule has 1 nitrogen and oxygen atoms in total. The molecule has 1 heteroatoms. The Morgan fingerprint density at radius 3 is 2.06 bits per heavy atom. The average molecular weight is 664 g/mol. The van der Waals surface area contributed by atoms with E-state index in [9.17, 15) is 0 Å². The summed E-state index contributed by atoms with van der Waals surface area (Å²) < 4.78 is 0. The SMILES string of the molecule is CC1(C)c2cc(-c3ccccc3)ccc2-c2ccc(N(c3ccc(C4CC5CCC4C5)cc3)c3cccc4cc(C5CCCCC5)ccc34)cc21. The molecule has 0 amide bonds. The van der Waals surface area contributed by atoms with Crippen LogP contribution in [0.1, 0.15) is 106 Å². The number of rotatable bonds is 6. The van der Waals surface area contributed by atoms with E-state index in [2.05, 4.69) is 146 Å². The second-order valence-corrected chi connectivity index (χ2v) is 16.8. The lowest BCUT2D eigenvalue weighted by Gasteiger charge is -2.30. The highest BCUT2D eigenvalue weighted by atomic mass is 15.1. The number of fused-ring (bicyclic) bond motifs is 6. The summed E-state index contributed by atoms with van der Waals surface area (Å²) in [6.45, 7) is 4.82. The van der Waals surface area contributed by atoms with Crippen LogP contribution in [-0.4, -0.2) is 0 Å². The summed E-state index contributed by atoms with van der Waals surface area (Å²) in [5, 5.41) is 2.67. The Kier molecular flexibility index (Phi) is 7.49. The van der Waals surface area contributed by atoms with Crippen LogP contribution in [0.4, 0.5) is 17.1 Å². The number of anilines is 3. The molecule has 0 spiro atoms. The van der Waals surface area contributed by atoms with Crippen molar-refractivity contribution < 1.29 is 0 Å². The topological polar surface area (TPSA) is 3.24 Å². The number of benzene rings is 6. The Labute approximate surface area is 304 Å². The smallest absolute Gasteiger partial charge is 0.0540 e. The highest BCUT2D eigenvalue weighted by molar-refractivity contribution is 6.00. The first-order valence-corrected chi connectivity index (χ1v) is 19.8. The van der Waals surface area contributed by atoms with Gasteiger partial charge in [0.15, 0.2) is 0 Å². The van der Waals surface area contributed by atoms with Crippen molar-refractivity contribution in [3.8, 4) is 22.3 Å².